The van der Waals surface area contributed by atoms with Crippen molar-refractivity contribution >= 4 is 23.3 Å². The number of hydrogen-bond donors (Lipinski definition) is 1. The van der Waals surface area contributed by atoms with E-state index in [1.807, 2.05) is 33.2 Å². The molecule has 1 heterocycles. The van der Waals surface area contributed by atoms with Crippen molar-refractivity contribution in [2.24, 2.45) is 4.99 Å². The minimum atomic E-state index is 0.775. The molecule has 0 fully saturated rings. The fourth-order valence-electron chi connectivity index (χ4n) is 2.28. The first-order chi connectivity index (χ1) is 12.1. The largest absolute Gasteiger partial charge is 0.378 e. The molecule has 0 saturated heterocycles. The topological polar surface area (TPSA) is 27.6 Å². The SMILES string of the molecule is C/C=C1/C=C(C#Cc2ccc(N(C)C)cc2)N/C1=N/CC/C=C\SC. The fourth-order valence-corrected chi connectivity index (χ4v) is 2.60. The number of aliphatic imine (C=N–C) groups is 1. The number of benzene rings is 1. The monoisotopic (exact) mass is 351 g/mol. The van der Waals surface area contributed by atoms with Crippen LogP contribution < -0.4 is 10.2 Å². The first-order valence-corrected chi connectivity index (χ1v) is 9.60. The number of thioether (sulfide) groups is 1. The molecular weight excluding hydrogens is 326 g/mol. The molecule has 130 valence electrons. The lowest BCUT2D eigenvalue weighted by Gasteiger charge is -2.11. The lowest BCUT2D eigenvalue weighted by atomic mass is 10.2. The van der Waals surface area contributed by atoms with E-state index in [2.05, 4.69) is 69.1 Å². The van der Waals surface area contributed by atoms with Gasteiger partial charge in [0.15, 0.2) is 0 Å². The highest BCUT2D eigenvalue weighted by Gasteiger charge is 2.13. The van der Waals surface area contributed by atoms with Gasteiger partial charge >= 0.3 is 0 Å². The number of nitrogens with zero attached hydrogens (tertiary/aromatic N) is 2. The molecule has 1 aromatic carbocycles. The minimum Gasteiger partial charge on any atom is -0.378 e. The Morgan fingerprint density at radius 3 is 2.60 bits per heavy atom. The van der Waals surface area contributed by atoms with Crippen molar-refractivity contribution in [1.29, 1.82) is 0 Å². The van der Waals surface area contributed by atoms with Gasteiger partial charge in [0.1, 0.15) is 5.84 Å². The smallest absolute Gasteiger partial charge is 0.132 e. The third kappa shape index (κ3) is 5.88. The second kappa shape index (κ2) is 9.80. The summed E-state index contributed by atoms with van der Waals surface area (Å²) in [6.45, 7) is 2.80. The maximum Gasteiger partial charge on any atom is 0.132 e. The molecule has 3 nitrogen and oxygen atoms in total. The average molecular weight is 352 g/mol. The van der Waals surface area contributed by atoms with E-state index in [9.17, 15) is 0 Å². The Bertz CT molecular complexity index is 757. The molecule has 0 unspecified atom stereocenters. The zero-order valence-electron chi connectivity index (χ0n) is 15.3. The first kappa shape index (κ1) is 19.0. The summed E-state index contributed by atoms with van der Waals surface area (Å²) >= 11 is 1.71. The van der Waals surface area contributed by atoms with E-state index in [4.69, 9.17) is 0 Å². The summed E-state index contributed by atoms with van der Waals surface area (Å²) < 4.78 is 0. The second-order valence-electron chi connectivity index (χ2n) is 5.74. The average Bonchev–Trinajstić information content (AvgIpc) is 3.02. The minimum absolute atomic E-state index is 0.775. The molecule has 0 amide bonds. The fraction of sp³-hybridized carbons (Fsp3) is 0.286. The quantitative estimate of drug-likeness (QED) is 0.636. The molecule has 0 atom stereocenters. The Balaban J connectivity index is 2.02. The summed E-state index contributed by atoms with van der Waals surface area (Å²) in [6, 6.07) is 8.24. The highest BCUT2D eigenvalue weighted by molar-refractivity contribution is 8.01. The van der Waals surface area contributed by atoms with Gasteiger partial charge in [-0.25, -0.2) is 0 Å². The van der Waals surface area contributed by atoms with E-state index in [0.29, 0.717) is 0 Å². The van der Waals surface area contributed by atoms with Crippen molar-refractivity contribution in [3.63, 3.8) is 0 Å². The van der Waals surface area contributed by atoms with Crippen LogP contribution in [-0.2, 0) is 0 Å². The third-order valence-electron chi connectivity index (χ3n) is 3.66. The van der Waals surface area contributed by atoms with Gasteiger partial charge in [0, 0.05) is 37.5 Å². The van der Waals surface area contributed by atoms with Gasteiger partial charge < -0.3 is 10.2 Å². The number of anilines is 1. The number of amidine groups is 1. The molecule has 1 N–H and O–H groups in total. The van der Waals surface area contributed by atoms with Gasteiger partial charge in [-0.15, -0.1) is 11.8 Å². The van der Waals surface area contributed by atoms with Crippen LogP contribution >= 0.6 is 11.8 Å². The molecule has 0 bridgehead atoms. The molecular formula is C21H25N3S. The Morgan fingerprint density at radius 2 is 1.96 bits per heavy atom. The molecule has 0 aliphatic carbocycles. The van der Waals surface area contributed by atoms with Crippen molar-refractivity contribution in [3.8, 4) is 11.8 Å². The van der Waals surface area contributed by atoms with E-state index in [1.54, 1.807) is 11.8 Å². The molecule has 1 aliphatic rings. The van der Waals surface area contributed by atoms with Crippen LogP contribution in [0, 0.1) is 11.8 Å². The molecule has 25 heavy (non-hydrogen) atoms. The highest BCUT2D eigenvalue weighted by atomic mass is 32.2. The molecule has 0 spiro atoms. The molecule has 2 rings (SSSR count). The standard InChI is InChI=1S/C21H25N3S/c1-5-18-16-19(23-21(18)22-14-6-7-15-25-4)11-8-17-9-12-20(13-10-17)24(2)3/h5,7,9-10,12-13,15-16H,6,14H2,1-4H3,(H,22,23)/b15-7-,18-5-. The Hall–Kier alpha value is -2.38. The van der Waals surface area contributed by atoms with Crippen LogP contribution in [-0.4, -0.2) is 32.7 Å². The summed E-state index contributed by atoms with van der Waals surface area (Å²) in [4.78, 5) is 6.71. The van der Waals surface area contributed by atoms with Gasteiger partial charge in [0.25, 0.3) is 0 Å². The summed E-state index contributed by atoms with van der Waals surface area (Å²) in [5, 5.41) is 5.41. The van der Waals surface area contributed by atoms with E-state index in [0.717, 1.165) is 35.6 Å². The van der Waals surface area contributed by atoms with E-state index < -0.39 is 0 Å². The second-order valence-corrected chi connectivity index (χ2v) is 6.49. The Kier molecular flexibility index (Phi) is 7.43. The van der Waals surface area contributed by atoms with E-state index in [1.165, 1.54) is 5.69 Å². The van der Waals surface area contributed by atoms with Crippen LogP contribution in [0.1, 0.15) is 18.9 Å². The van der Waals surface area contributed by atoms with Crippen molar-refractivity contribution in [2.45, 2.75) is 13.3 Å². The number of nitrogens with one attached hydrogen (secondary N) is 1. The lowest BCUT2D eigenvalue weighted by molar-refractivity contribution is 0.994. The van der Waals surface area contributed by atoms with Crippen molar-refractivity contribution in [1.82, 2.24) is 5.32 Å². The zero-order valence-corrected chi connectivity index (χ0v) is 16.2. The third-order valence-corrected chi connectivity index (χ3v) is 4.13. The number of hydrogen-bond acceptors (Lipinski definition) is 3. The molecule has 0 aromatic heterocycles. The molecule has 1 aliphatic heterocycles. The number of allylic oxidation sites excluding steroid dienone is 2. The predicted octanol–water partition coefficient (Wildman–Crippen LogP) is 4.20. The number of rotatable bonds is 5. The molecule has 0 radical (unpaired) electrons. The maximum absolute atomic E-state index is 4.63. The van der Waals surface area contributed by atoms with E-state index >= 15 is 0 Å². The van der Waals surface area contributed by atoms with Crippen molar-refractivity contribution in [2.75, 3.05) is 31.8 Å². The summed E-state index contributed by atoms with van der Waals surface area (Å²) in [6.07, 6.45) is 9.26. The molecule has 0 saturated carbocycles. The molecule has 4 heteroatoms. The Morgan fingerprint density at radius 1 is 1.20 bits per heavy atom. The lowest BCUT2D eigenvalue weighted by Crippen LogP contribution is -2.17. The van der Waals surface area contributed by atoms with Crippen LogP contribution in [0.25, 0.3) is 0 Å². The van der Waals surface area contributed by atoms with Crippen molar-refractivity contribution in [3.05, 3.63) is 64.7 Å². The summed E-state index contributed by atoms with van der Waals surface area (Å²) in [5.41, 5.74) is 4.16. The van der Waals surface area contributed by atoms with Crippen molar-refractivity contribution < 1.29 is 0 Å². The normalized spacial score (nSPS) is 16.7. The Labute approximate surface area is 155 Å². The summed E-state index contributed by atoms with van der Waals surface area (Å²) in [7, 11) is 4.06. The van der Waals surface area contributed by atoms with Gasteiger partial charge in [-0.1, -0.05) is 18.1 Å². The van der Waals surface area contributed by atoms with Crippen LogP contribution in [0.3, 0.4) is 0 Å². The van der Waals surface area contributed by atoms with E-state index in [-0.39, 0.29) is 0 Å². The highest BCUT2D eigenvalue weighted by Crippen LogP contribution is 2.13. The maximum atomic E-state index is 4.63. The van der Waals surface area contributed by atoms with Gasteiger partial charge in [0.05, 0.1) is 5.70 Å². The van der Waals surface area contributed by atoms with Gasteiger partial charge in [0.2, 0.25) is 0 Å². The van der Waals surface area contributed by atoms with Crippen LogP contribution in [0.5, 0.6) is 0 Å². The summed E-state index contributed by atoms with van der Waals surface area (Å²) in [5.74, 6) is 7.32. The van der Waals surface area contributed by atoms with Gasteiger partial charge in [-0.2, -0.15) is 0 Å². The molecule has 1 aromatic rings. The predicted molar refractivity (Wildman–Crippen MR) is 112 cm³/mol. The van der Waals surface area contributed by atoms with Crippen LogP contribution in [0.2, 0.25) is 0 Å². The van der Waals surface area contributed by atoms with Gasteiger partial charge in [-0.3, -0.25) is 4.99 Å². The van der Waals surface area contributed by atoms with Crippen LogP contribution in [0.4, 0.5) is 5.69 Å². The first-order valence-electron chi connectivity index (χ1n) is 8.31. The van der Waals surface area contributed by atoms with Crippen LogP contribution in [0.15, 0.2) is 64.2 Å². The zero-order chi connectivity index (χ0) is 18.1. The van der Waals surface area contributed by atoms with Gasteiger partial charge in [-0.05, 0) is 61.3 Å².